The van der Waals surface area contributed by atoms with E-state index in [-0.39, 0.29) is 12.5 Å². The van der Waals surface area contributed by atoms with E-state index in [0.29, 0.717) is 29.0 Å². The molecule has 1 aromatic carbocycles. The van der Waals surface area contributed by atoms with Crippen molar-refractivity contribution in [1.82, 2.24) is 15.1 Å². The molecule has 29 heavy (non-hydrogen) atoms. The molecule has 1 amide bonds. The summed E-state index contributed by atoms with van der Waals surface area (Å²) in [5.41, 5.74) is 1.18. The predicted molar refractivity (Wildman–Crippen MR) is 112 cm³/mol. The molecule has 156 valence electrons. The second-order valence-electron chi connectivity index (χ2n) is 8.30. The Morgan fingerprint density at radius 1 is 1.10 bits per heavy atom. The summed E-state index contributed by atoms with van der Waals surface area (Å²) < 4.78 is 11.3. The third-order valence-electron chi connectivity index (χ3n) is 5.76. The van der Waals surface area contributed by atoms with Gasteiger partial charge in [0.25, 0.3) is 11.1 Å². The summed E-state index contributed by atoms with van der Waals surface area (Å²) in [5.74, 6) is 2.52. The predicted octanol–water partition coefficient (Wildman–Crippen LogP) is 4.62. The first-order chi connectivity index (χ1) is 14.1. The molecular formula is C22H29N3O3S. The van der Waals surface area contributed by atoms with Gasteiger partial charge in [0, 0.05) is 12.1 Å². The molecule has 0 aliphatic heterocycles. The minimum absolute atomic E-state index is 0.202. The first-order valence-corrected chi connectivity index (χ1v) is 11.5. The average Bonchev–Trinajstić information content (AvgIpc) is 3.45. The van der Waals surface area contributed by atoms with E-state index in [0.717, 1.165) is 37.4 Å². The first kappa shape index (κ1) is 20.3. The number of aryl methyl sites for hydroxylation is 1. The van der Waals surface area contributed by atoms with Gasteiger partial charge in [0.05, 0.1) is 5.75 Å². The Hall–Kier alpha value is -2.02. The minimum atomic E-state index is 0.202. The van der Waals surface area contributed by atoms with Crippen LogP contribution in [0.1, 0.15) is 56.9 Å². The number of nitrogens with zero attached hydrogens (tertiary/aromatic N) is 3. The molecule has 2 fully saturated rings. The average molecular weight is 416 g/mol. The number of aromatic nitrogens is 2. The Morgan fingerprint density at radius 2 is 1.76 bits per heavy atom. The zero-order chi connectivity index (χ0) is 20.2. The van der Waals surface area contributed by atoms with Crippen molar-refractivity contribution in [2.75, 3.05) is 5.75 Å². The summed E-state index contributed by atoms with van der Waals surface area (Å²) in [6.45, 7) is 4.57. The molecule has 6 nitrogen and oxygen atoms in total. The lowest BCUT2D eigenvalue weighted by molar-refractivity contribution is -0.132. The zero-order valence-corrected chi connectivity index (χ0v) is 18.0. The fraction of sp³-hybridized carbons (Fsp3) is 0.591. The van der Waals surface area contributed by atoms with Crippen molar-refractivity contribution in [2.45, 2.75) is 76.3 Å². The van der Waals surface area contributed by atoms with Crippen molar-refractivity contribution in [1.29, 1.82) is 0 Å². The molecule has 0 saturated heterocycles. The van der Waals surface area contributed by atoms with Gasteiger partial charge in [-0.3, -0.25) is 4.79 Å². The summed E-state index contributed by atoms with van der Waals surface area (Å²) in [4.78, 5) is 15.1. The third kappa shape index (κ3) is 5.53. The highest BCUT2D eigenvalue weighted by Gasteiger charge is 2.38. The molecule has 0 atom stereocenters. The highest BCUT2D eigenvalue weighted by molar-refractivity contribution is 7.99. The van der Waals surface area contributed by atoms with Crippen molar-refractivity contribution in [3.05, 3.63) is 35.7 Å². The lowest BCUT2D eigenvalue weighted by Gasteiger charge is -2.36. The van der Waals surface area contributed by atoms with Crippen molar-refractivity contribution in [2.24, 2.45) is 5.92 Å². The molecule has 7 heteroatoms. The number of ether oxygens (including phenoxy) is 1. The van der Waals surface area contributed by atoms with Crippen LogP contribution in [0.15, 0.2) is 33.9 Å². The normalized spacial score (nSPS) is 21.7. The van der Waals surface area contributed by atoms with E-state index in [4.69, 9.17) is 9.15 Å². The van der Waals surface area contributed by atoms with E-state index in [1.807, 2.05) is 31.2 Å². The highest BCUT2D eigenvalue weighted by atomic mass is 32.2. The van der Waals surface area contributed by atoms with E-state index in [2.05, 4.69) is 22.0 Å². The van der Waals surface area contributed by atoms with E-state index in [1.165, 1.54) is 30.2 Å². The number of carbonyl (C=O) groups is 1. The standard InChI is InChI=1S/C22H29N3O3S/c1-15-3-7-17(8-4-15)25(18-9-10-18)21(26)14-29-22-24-23-20(28-22)13-27-19-11-5-16(2)6-12-19/h5-6,11-12,15,17-18H,3-4,7-10,13-14H2,1-2H3. The fourth-order valence-electron chi connectivity index (χ4n) is 3.91. The van der Waals surface area contributed by atoms with Crippen LogP contribution in [-0.2, 0) is 11.4 Å². The van der Waals surface area contributed by atoms with Gasteiger partial charge in [0.2, 0.25) is 5.91 Å². The van der Waals surface area contributed by atoms with Gasteiger partial charge in [-0.05, 0) is 63.5 Å². The molecule has 2 aliphatic carbocycles. The molecule has 4 rings (SSSR count). The molecule has 1 aromatic heterocycles. The highest BCUT2D eigenvalue weighted by Crippen LogP contribution is 2.36. The van der Waals surface area contributed by atoms with Gasteiger partial charge < -0.3 is 14.1 Å². The Balaban J connectivity index is 1.27. The maximum Gasteiger partial charge on any atom is 0.277 e. The van der Waals surface area contributed by atoms with Gasteiger partial charge in [0.1, 0.15) is 5.75 Å². The Kier molecular flexibility index (Phi) is 6.43. The van der Waals surface area contributed by atoms with Crippen LogP contribution in [0.3, 0.4) is 0 Å². The van der Waals surface area contributed by atoms with Crippen LogP contribution in [0, 0.1) is 12.8 Å². The summed E-state index contributed by atoms with van der Waals surface area (Å²) in [6, 6.07) is 8.68. The summed E-state index contributed by atoms with van der Waals surface area (Å²) >= 11 is 1.32. The number of amides is 1. The zero-order valence-electron chi connectivity index (χ0n) is 17.2. The summed E-state index contributed by atoms with van der Waals surface area (Å²) in [6.07, 6.45) is 7.00. The van der Waals surface area contributed by atoms with Crippen LogP contribution in [-0.4, -0.2) is 38.8 Å². The molecule has 0 unspecified atom stereocenters. The summed E-state index contributed by atoms with van der Waals surface area (Å²) in [5, 5.41) is 8.51. The molecule has 2 aromatic rings. The number of hydrogen-bond donors (Lipinski definition) is 0. The SMILES string of the molecule is Cc1ccc(OCc2nnc(SCC(=O)N(C3CCC(C)CC3)C3CC3)o2)cc1. The topological polar surface area (TPSA) is 68.5 Å². The van der Waals surface area contributed by atoms with E-state index >= 15 is 0 Å². The second-order valence-corrected chi connectivity index (χ2v) is 9.22. The van der Waals surface area contributed by atoms with E-state index < -0.39 is 0 Å². The van der Waals surface area contributed by atoms with Crippen molar-refractivity contribution < 1.29 is 13.9 Å². The molecule has 0 spiro atoms. The fourth-order valence-corrected chi connectivity index (χ4v) is 4.56. The second kappa shape index (κ2) is 9.20. The van der Waals surface area contributed by atoms with Gasteiger partial charge in [-0.1, -0.05) is 36.4 Å². The van der Waals surface area contributed by atoms with E-state index in [1.54, 1.807) is 0 Å². The summed E-state index contributed by atoms with van der Waals surface area (Å²) in [7, 11) is 0. The molecular weight excluding hydrogens is 386 g/mol. The minimum Gasteiger partial charge on any atom is -0.484 e. The Labute approximate surface area is 176 Å². The van der Waals surface area contributed by atoms with Gasteiger partial charge in [0.15, 0.2) is 6.61 Å². The number of carbonyl (C=O) groups excluding carboxylic acids is 1. The number of hydrogen-bond acceptors (Lipinski definition) is 6. The maximum absolute atomic E-state index is 12.9. The molecule has 0 N–H and O–H groups in total. The Morgan fingerprint density at radius 3 is 2.41 bits per heavy atom. The van der Waals surface area contributed by atoms with Crippen molar-refractivity contribution in [3.63, 3.8) is 0 Å². The smallest absolute Gasteiger partial charge is 0.277 e. The number of thioether (sulfide) groups is 1. The van der Waals surface area contributed by atoms with Gasteiger partial charge in [-0.15, -0.1) is 10.2 Å². The maximum atomic E-state index is 12.9. The van der Waals surface area contributed by atoms with Gasteiger partial charge in [-0.2, -0.15) is 0 Å². The monoisotopic (exact) mass is 415 g/mol. The van der Waals surface area contributed by atoms with Crippen molar-refractivity contribution in [3.8, 4) is 5.75 Å². The quantitative estimate of drug-likeness (QED) is 0.586. The van der Waals surface area contributed by atoms with Gasteiger partial charge >= 0.3 is 0 Å². The van der Waals surface area contributed by atoms with Crippen LogP contribution >= 0.6 is 11.8 Å². The largest absolute Gasteiger partial charge is 0.484 e. The van der Waals surface area contributed by atoms with Crippen LogP contribution in [0.5, 0.6) is 5.75 Å². The lowest BCUT2D eigenvalue weighted by Crippen LogP contribution is -2.44. The first-order valence-electron chi connectivity index (χ1n) is 10.5. The van der Waals surface area contributed by atoms with Crippen LogP contribution < -0.4 is 4.74 Å². The molecule has 1 heterocycles. The van der Waals surface area contributed by atoms with Crippen molar-refractivity contribution >= 4 is 17.7 Å². The van der Waals surface area contributed by atoms with Gasteiger partial charge in [-0.25, -0.2) is 0 Å². The third-order valence-corrected chi connectivity index (χ3v) is 6.56. The molecule has 2 aliphatic rings. The van der Waals surface area contributed by atoms with E-state index in [9.17, 15) is 4.79 Å². The lowest BCUT2D eigenvalue weighted by atomic mass is 9.86. The molecule has 0 bridgehead atoms. The molecule has 2 saturated carbocycles. The number of rotatable bonds is 8. The number of benzene rings is 1. The van der Waals surface area contributed by atoms with Crippen LogP contribution in [0.4, 0.5) is 0 Å². The Bertz CT molecular complexity index is 811. The molecule has 0 radical (unpaired) electrons. The van der Waals surface area contributed by atoms with Crippen LogP contribution in [0.25, 0.3) is 0 Å². The van der Waals surface area contributed by atoms with Crippen LogP contribution in [0.2, 0.25) is 0 Å².